The fourth-order valence-corrected chi connectivity index (χ4v) is 5.24. The van der Waals surface area contributed by atoms with Gasteiger partial charge in [-0.3, -0.25) is 4.90 Å². The van der Waals surface area contributed by atoms with Crippen LogP contribution in [0, 0.1) is 3.57 Å². The third-order valence-electron chi connectivity index (χ3n) is 5.82. The van der Waals surface area contributed by atoms with Crippen molar-refractivity contribution in [2.75, 3.05) is 13.1 Å². The number of nitrogens with zero attached hydrogens (tertiary/aromatic N) is 1. The van der Waals surface area contributed by atoms with Crippen LogP contribution < -0.4 is 0 Å². The van der Waals surface area contributed by atoms with Crippen LogP contribution in [0.15, 0.2) is 48.5 Å². The Balaban J connectivity index is 1.50. The molecule has 2 aromatic carbocycles. The number of likely N-dealkylation sites (tertiary alicyclic amines) is 1. The highest BCUT2D eigenvalue weighted by molar-refractivity contribution is 14.1. The topological polar surface area (TPSA) is 43.7 Å². The summed E-state index contributed by atoms with van der Waals surface area (Å²) in [5.41, 5.74) is 3.92. The molecule has 0 radical (unpaired) electrons. The Morgan fingerprint density at radius 1 is 0.960 bits per heavy atom. The van der Waals surface area contributed by atoms with Gasteiger partial charge in [0.15, 0.2) is 5.79 Å². The van der Waals surface area contributed by atoms with Gasteiger partial charge in [-0.1, -0.05) is 42.5 Å². The van der Waals surface area contributed by atoms with Crippen molar-refractivity contribution in [2.24, 2.45) is 0 Å². The molecule has 2 atom stereocenters. The average Bonchev–Trinajstić information content (AvgIpc) is 2.61. The molecule has 1 saturated heterocycles. The van der Waals surface area contributed by atoms with E-state index in [1.807, 2.05) is 24.3 Å². The number of halogens is 1. The van der Waals surface area contributed by atoms with Crippen molar-refractivity contribution in [2.45, 2.75) is 43.4 Å². The van der Waals surface area contributed by atoms with Gasteiger partial charge in [0.1, 0.15) is 0 Å². The molecule has 132 valence electrons. The second-order valence-electron chi connectivity index (χ2n) is 7.38. The SMILES string of the molecule is OC1(O)CN(C2CCc3ccccc3C2)CCC1c1ccccc1I. The van der Waals surface area contributed by atoms with Crippen molar-refractivity contribution in [1.29, 1.82) is 0 Å². The fraction of sp³-hybridized carbons (Fsp3) is 0.429. The molecule has 3 nitrogen and oxygen atoms in total. The van der Waals surface area contributed by atoms with Gasteiger partial charge >= 0.3 is 0 Å². The van der Waals surface area contributed by atoms with Gasteiger partial charge in [0, 0.05) is 15.5 Å². The van der Waals surface area contributed by atoms with Crippen molar-refractivity contribution in [3.8, 4) is 0 Å². The summed E-state index contributed by atoms with van der Waals surface area (Å²) in [6.45, 7) is 1.25. The smallest absolute Gasteiger partial charge is 0.182 e. The Morgan fingerprint density at radius 2 is 1.68 bits per heavy atom. The molecule has 0 bridgehead atoms. The van der Waals surface area contributed by atoms with E-state index in [0.717, 1.165) is 41.4 Å². The molecule has 1 heterocycles. The van der Waals surface area contributed by atoms with E-state index in [4.69, 9.17) is 0 Å². The predicted octanol–water partition coefficient (Wildman–Crippen LogP) is 3.32. The van der Waals surface area contributed by atoms with Crippen LogP contribution in [0.25, 0.3) is 0 Å². The number of piperidine rings is 1. The van der Waals surface area contributed by atoms with Crippen LogP contribution in [0.5, 0.6) is 0 Å². The zero-order chi connectivity index (χ0) is 17.4. The molecule has 4 rings (SSSR count). The minimum absolute atomic E-state index is 0.215. The highest BCUT2D eigenvalue weighted by atomic mass is 127. The minimum Gasteiger partial charge on any atom is -0.364 e. The molecule has 2 unspecified atom stereocenters. The Bertz CT molecular complexity index is 761. The first kappa shape index (κ1) is 17.5. The van der Waals surface area contributed by atoms with Crippen molar-refractivity contribution < 1.29 is 10.2 Å². The van der Waals surface area contributed by atoms with E-state index in [1.165, 1.54) is 11.1 Å². The van der Waals surface area contributed by atoms with Gasteiger partial charge in [-0.05, 0) is 77.6 Å². The molecule has 0 saturated carbocycles. The van der Waals surface area contributed by atoms with Gasteiger partial charge in [0.05, 0.1) is 6.54 Å². The molecule has 0 spiro atoms. The van der Waals surface area contributed by atoms with Gasteiger partial charge in [-0.25, -0.2) is 0 Å². The van der Waals surface area contributed by atoms with Gasteiger partial charge < -0.3 is 10.2 Å². The number of hydrogen-bond donors (Lipinski definition) is 2. The average molecular weight is 449 g/mol. The van der Waals surface area contributed by atoms with Gasteiger partial charge in [-0.2, -0.15) is 0 Å². The van der Waals surface area contributed by atoms with E-state index in [9.17, 15) is 10.2 Å². The molecule has 25 heavy (non-hydrogen) atoms. The molecular formula is C21H24INO2. The predicted molar refractivity (Wildman–Crippen MR) is 108 cm³/mol. The van der Waals surface area contributed by atoms with Crippen molar-refractivity contribution >= 4 is 22.6 Å². The summed E-state index contributed by atoms with van der Waals surface area (Å²) in [6.07, 6.45) is 3.98. The number of fused-ring (bicyclic) bond motifs is 1. The molecule has 1 fully saturated rings. The lowest BCUT2D eigenvalue weighted by Crippen LogP contribution is -2.56. The van der Waals surface area contributed by atoms with Gasteiger partial charge in [-0.15, -0.1) is 0 Å². The molecule has 0 aromatic heterocycles. The molecule has 2 N–H and O–H groups in total. The molecule has 2 aliphatic rings. The maximum absolute atomic E-state index is 10.8. The van der Waals surface area contributed by atoms with E-state index in [-0.39, 0.29) is 5.92 Å². The Labute approximate surface area is 162 Å². The van der Waals surface area contributed by atoms with Crippen LogP contribution in [0.1, 0.15) is 35.4 Å². The van der Waals surface area contributed by atoms with E-state index in [2.05, 4.69) is 51.8 Å². The number of rotatable bonds is 2. The highest BCUT2D eigenvalue weighted by Gasteiger charge is 2.43. The number of aryl methyl sites for hydroxylation is 1. The number of benzene rings is 2. The number of aliphatic hydroxyl groups is 2. The summed E-state index contributed by atoms with van der Waals surface area (Å²) < 4.78 is 1.11. The molecule has 0 amide bonds. The quantitative estimate of drug-likeness (QED) is 0.546. The molecule has 4 heteroatoms. The lowest BCUT2D eigenvalue weighted by atomic mass is 9.81. The van der Waals surface area contributed by atoms with Crippen LogP contribution in [-0.2, 0) is 12.8 Å². The van der Waals surface area contributed by atoms with Crippen molar-refractivity contribution in [3.63, 3.8) is 0 Å². The monoisotopic (exact) mass is 449 g/mol. The Hall–Kier alpha value is -0.950. The van der Waals surface area contributed by atoms with Crippen molar-refractivity contribution in [1.82, 2.24) is 4.90 Å². The number of hydrogen-bond acceptors (Lipinski definition) is 3. The normalized spacial score (nSPS) is 26.2. The third kappa shape index (κ3) is 3.50. The summed E-state index contributed by atoms with van der Waals surface area (Å²) in [4.78, 5) is 2.29. The number of β-amino-alcohol motifs (C(OH)–C–C–N with tert-alkyl or cyclic N) is 2. The Morgan fingerprint density at radius 3 is 2.44 bits per heavy atom. The minimum atomic E-state index is -1.67. The maximum Gasteiger partial charge on any atom is 0.182 e. The van der Waals surface area contributed by atoms with Crippen LogP contribution >= 0.6 is 22.6 Å². The molecule has 1 aliphatic carbocycles. The second kappa shape index (κ2) is 6.99. The summed E-state index contributed by atoms with van der Waals surface area (Å²) in [5, 5.41) is 21.6. The fourth-order valence-electron chi connectivity index (χ4n) is 4.48. The first-order valence-electron chi connectivity index (χ1n) is 9.04. The first-order chi connectivity index (χ1) is 12.0. The zero-order valence-electron chi connectivity index (χ0n) is 14.2. The van der Waals surface area contributed by atoms with Crippen LogP contribution in [0.4, 0.5) is 0 Å². The highest BCUT2D eigenvalue weighted by Crippen LogP contribution is 2.38. The van der Waals surface area contributed by atoms with Crippen LogP contribution in [0.2, 0.25) is 0 Å². The molecule has 1 aliphatic heterocycles. The van der Waals surface area contributed by atoms with Crippen LogP contribution in [0.3, 0.4) is 0 Å². The zero-order valence-corrected chi connectivity index (χ0v) is 16.4. The standard InChI is InChI=1S/C21H24INO2/c22-20-8-4-3-7-18(20)19-11-12-23(14-21(19,24)25)17-10-9-15-5-1-2-6-16(15)13-17/h1-8,17,19,24-25H,9-14H2. The summed E-state index contributed by atoms with van der Waals surface area (Å²) in [6, 6.07) is 17.1. The second-order valence-corrected chi connectivity index (χ2v) is 8.54. The largest absolute Gasteiger partial charge is 0.364 e. The van der Waals surface area contributed by atoms with Gasteiger partial charge in [0.2, 0.25) is 0 Å². The summed E-state index contributed by atoms with van der Waals surface area (Å²) in [7, 11) is 0. The lowest BCUT2D eigenvalue weighted by molar-refractivity contribution is -0.212. The van der Waals surface area contributed by atoms with E-state index >= 15 is 0 Å². The molecule has 2 aromatic rings. The molecular weight excluding hydrogens is 425 g/mol. The van der Waals surface area contributed by atoms with Crippen molar-refractivity contribution in [3.05, 3.63) is 68.8 Å². The third-order valence-corrected chi connectivity index (χ3v) is 6.80. The first-order valence-corrected chi connectivity index (χ1v) is 10.1. The lowest BCUT2D eigenvalue weighted by Gasteiger charge is -2.46. The van der Waals surface area contributed by atoms with E-state index < -0.39 is 5.79 Å². The Kier molecular flexibility index (Phi) is 4.88. The van der Waals surface area contributed by atoms with E-state index in [1.54, 1.807) is 0 Å². The summed E-state index contributed by atoms with van der Waals surface area (Å²) >= 11 is 2.29. The van der Waals surface area contributed by atoms with Gasteiger partial charge in [0.25, 0.3) is 0 Å². The van der Waals surface area contributed by atoms with Crippen LogP contribution in [-0.4, -0.2) is 40.0 Å². The maximum atomic E-state index is 10.8. The van der Waals surface area contributed by atoms with E-state index in [0.29, 0.717) is 12.6 Å². The summed E-state index contributed by atoms with van der Waals surface area (Å²) in [5.74, 6) is -1.89.